The minimum absolute atomic E-state index is 0.529. The molecule has 0 radical (unpaired) electrons. The molecular formula is C59H52N4O4. The molecule has 0 N–H and O–H groups in total. The minimum atomic E-state index is 0.529. The van der Waals surface area contributed by atoms with Crippen molar-refractivity contribution < 1.29 is 18.9 Å². The van der Waals surface area contributed by atoms with Gasteiger partial charge in [0.15, 0.2) is 26.9 Å². The molecule has 0 saturated carbocycles. The van der Waals surface area contributed by atoms with Gasteiger partial charge >= 0.3 is 0 Å². The Bertz CT molecular complexity index is 2830. The molecule has 0 amide bonds. The van der Waals surface area contributed by atoms with Gasteiger partial charge in [-0.1, -0.05) is 84.9 Å². The van der Waals surface area contributed by atoms with E-state index in [1.807, 2.05) is 0 Å². The molecule has 0 aromatic heterocycles. The molecule has 332 valence electrons. The van der Waals surface area contributed by atoms with Crippen LogP contribution in [0.25, 0.3) is 0 Å². The van der Waals surface area contributed by atoms with Crippen molar-refractivity contribution >= 4 is 22.7 Å². The lowest BCUT2D eigenvalue weighted by atomic mass is 9.99. The molecule has 0 spiro atoms. The zero-order valence-corrected chi connectivity index (χ0v) is 37.5. The molecule has 8 heteroatoms. The number of nitrogens with zero attached hydrogens (tertiary/aromatic N) is 4. The van der Waals surface area contributed by atoms with Crippen molar-refractivity contribution in [3.8, 4) is 23.0 Å². The second kappa shape index (κ2) is 17.9. The molecule has 4 heterocycles. The van der Waals surface area contributed by atoms with Gasteiger partial charge in [0.05, 0.1) is 0 Å². The zero-order valence-electron chi connectivity index (χ0n) is 37.5. The quantitative estimate of drug-likeness (QED) is 0.135. The fourth-order valence-corrected chi connectivity index (χ4v) is 9.92. The van der Waals surface area contributed by atoms with Gasteiger partial charge in [-0.3, -0.25) is 0 Å². The Morgan fingerprint density at radius 3 is 0.821 bits per heavy atom. The summed E-state index contributed by atoms with van der Waals surface area (Å²) in [4.78, 5) is 9.16. The van der Waals surface area contributed by atoms with Crippen molar-refractivity contribution in [1.29, 1.82) is 0 Å². The van der Waals surface area contributed by atoms with Gasteiger partial charge in [-0.2, -0.15) is 0 Å². The first-order valence-corrected chi connectivity index (χ1v) is 23.3. The van der Waals surface area contributed by atoms with Crippen LogP contribution < -0.4 is 38.5 Å². The summed E-state index contributed by atoms with van der Waals surface area (Å²) in [5, 5.41) is 0. The second-order valence-corrected chi connectivity index (χ2v) is 18.2. The van der Waals surface area contributed by atoms with E-state index < -0.39 is 0 Å². The zero-order chi connectivity index (χ0) is 44.5. The van der Waals surface area contributed by atoms with Crippen molar-refractivity contribution in [2.45, 2.75) is 45.4 Å². The smallest absolute Gasteiger partial charge is 0.161 e. The van der Waals surface area contributed by atoms with E-state index >= 15 is 0 Å². The lowest BCUT2D eigenvalue weighted by Gasteiger charge is -2.31. The van der Waals surface area contributed by atoms with E-state index in [1.54, 1.807) is 0 Å². The molecule has 8 aromatic carbocycles. The summed E-state index contributed by atoms with van der Waals surface area (Å²) in [6.45, 7) is 5.46. The van der Waals surface area contributed by atoms with Crippen LogP contribution in [0.1, 0.15) is 55.6 Å². The van der Waals surface area contributed by atoms with Crippen molar-refractivity contribution in [2.75, 3.05) is 46.5 Å². The van der Waals surface area contributed by atoms with E-state index in [0.29, 0.717) is 26.9 Å². The van der Waals surface area contributed by atoms with Gasteiger partial charge in [0.2, 0.25) is 0 Å². The van der Waals surface area contributed by atoms with Gasteiger partial charge in [-0.25, -0.2) is 0 Å². The van der Waals surface area contributed by atoms with Crippen LogP contribution in [0.4, 0.5) is 22.7 Å². The maximum Gasteiger partial charge on any atom is 0.161 e. The van der Waals surface area contributed by atoms with Crippen LogP contribution >= 0.6 is 0 Å². The molecule has 0 bridgehead atoms. The SMILES string of the molecule is c1ccc(N2COc3ccc(Cc4ccc5c(c4)CN(c4ccc(Cc6ccc(N7COc8ccc(Cc9ccc%10c(c9)CN(c9ccccc9)CO%10)cc8C7)cc6)cc4)CO5)cc3C2)cc1. The molecule has 0 fully saturated rings. The Labute approximate surface area is 392 Å². The summed E-state index contributed by atoms with van der Waals surface area (Å²) in [6.07, 6.45) is 2.57. The van der Waals surface area contributed by atoms with E-state index in [0.717, 1.165) is 79.8 Å². The summed E-state index contributed by atoms with van der Waals surface area (Å²) < 4.78 is 24.8. The third-order valence-electron chi connectivity index (χ3n) is 13.5. The minimum Gasteiger partial charge on any atom is -0.473 e. The van der Waals surface area contributed by atoms with E-state index in [4.69, 9.17) is 18.9 Å². The number of rotatable bonds is 10. The normalized spacial score (nSPS) is 14.9. The van der Waals surface area contributed by atoms with Crippen LogP contribution in [0.3, 0.4) is 0 Å². The molecule has 0 unspecified atom stereocenters. The number of anilines is 4. The third kappa shape index (κ3) is 8.83. The van der Waals surface area contributed by atoms with Gasteiger partial charge in [0.25, 0.3) is 0 Å². The molecule has 8 nitrogen and oxygen atoms in total. The van der Waals surface area contributed by atoms with Crippen molar-refractivity contribution in [2.24, 2.45) is 0 Å². The Balaban J connectivity index is 0.652. The monoisotopic (exact) mass is 880 g/mol. The van der Waals surface area contributed by atoms with Crippen molar-refractivity contribution in [1.82, 2.24) is 0 Å². The molecule has 67 heavy (non-hydrogen) atoms. The van der Waals surface area contributed by atoms with Gasteiger partial charge in [-0.15, -0.1) is 0 Å². The highest BCUT2D eigenvalue weighted by Gasteiger charge is 2.23. The first-order valence-electron chi connectivity index (χ1n) is 23.3. The highest BCUT2D eigenvalue weighted by molar-refractivity contribution is 5.56. The average molecular weight is 881 g/mol. The largest absolute Gasteiger partial charge is 0.473 e. The second-order valence-electron chi connectivity index (χ2n) is 18.2. The summed E-state index contributed by atoms with van der Waals surface area (Å²) >= 11 is 0. The van der Waals surface area contributed by atoms with Gasteiger partial charge in [0, 0.05) is 71.2 Å². The Kier molecular flexibility index (Phi) is 10.8. The Hall–Kier alpha value is -7.84. The maximum absolute atomic E-state index is 6.28. The van der Waals surface area contributed by atoms with E-state index in [-0.39, 0.29) is 0 Å². The third-order valence-corrected chi connectivity index (χ3v) is 13.5. The van der Waals surface area contributed by atoms with Crippen molar-refractivity contribution in [3.63, 3.8) is 0 Å². The standard InChI is InChI=1S/C59H52N4O4/c1-3-7-52(8-4-1)60-34-48-30-44(15-23-56(48)64-38-60)28-46-17-25-58-50(32-46)36-62(40-66-58)54-19-11-42(12-20-54)27-43-13-21-55(22-14-43)63-37-51-33-47(18-26-59(51)67-41-63)29-45-16-24-57-49(31-45)35-61(39-65-57)53-9-5-2-6-10-53/h1-26,30-33H,27-29,34-41H2. The number of fused-ring (bicyclic) bond motifs is 4. The fraction of sp³-hybridized carbons (Fsp3) is 0.186. The Morgan fingerprint density at radius 2 is 0.522 bits per heavy atom. The summed E-state index contributed by atoms with van der Waals surface area (Å²) in [5.74, 6) is 3.89. The number of ether oxygens (including phenoxy) is 4. The van der Waals surface area contributed by atoms with Crippen LogP contribution in [-0.4, -0.2) is 26.9 Å². The number of hydrogen-bond acceptors (Lipinski definition) is 8. The van der Waals surface area contributed by atoms with Crippen LogP contribution in [0.5, 0.6) is 23.0 Å². The molecule has 8 aromatic rings. The molecule has 12 rings (SSSR count). The number of para-hydroxylation sites is 2. The van der Waals surface area contributed by atoms with Gasteiger partial charge in [0.1, 0.15) is 23.0 Å². The molecule has 0 saturated heterocycles. The molecule has 4 aliphatic rings. The van der Waals surface area contributed by atoms with Crippen LogP contribution in [0.2, 0.25) is 0 Å². The summed E-state index contributed by atoms with van der Waals surface area (Å²) in [5.41, 5.74) is 17.2. The summed E-state index contributed by atoms with van der Waals surface area (Å²) in [7, 11) is 0. The van der Waals surface area contributed by atoms with Gasteiger partial charge < -0.3 is 38.5 Å². The van der Waals surface area contributed by atoms with Crippen molar-refractivity contribution in [3.05, 3.63) is 238 Å². The van der Waals surface area contributed by atoms with E-state index in [2.05, 4.69) is 202 Å². The number of benzene rings is 8. The topological polar surface area (TPSA) is 49.9 Å². The van der Waals surface area contributed by atoms with Crippen LogP contribution in [0.15, 0.2) is 182 Å². The first kappa shape index (κ1) is 40.7. The average Bonchev–Trinajstić information content (AvgIpc) is 3.39. The predicted octanol–water partition coefficient (Wildman–Crippen LogP) is 11.9. The van der Waals surface area contributed by atoms with E-state index in [9.17, 15) is 0 Å². The fourth-order valence-electron chi connectivity index (χ4n) is 9.92. The highest BCUT2D eigenvalue weighted by Crippen LogP contribution is 2.35. The lowest BCUT2D eigenvalue weighted by molar-refractivity contribution is 0.289. The number of hydrogen-bond donors (Lipinski definition) is 0. The molecule has 4 aliphatic heterocycles. The molecule has 0 atom stereocenters. The van der Waals surface area contributed by atoms with E-state index in [1.165, 1.54) is 67.0 Å². The van der Waals surface area contributed by atoms with Gasteiger partial charge in [-0.05, 0) is 150 Å². The molecule has 0 aliphatic carbocycles. The lowest BCUT2D eigenvalue weighted by Crippen LogP contribution is -2.32. The summed E-state index contributed by atoms with van der Waals surface area (Å²) in [6, 6.07) is 65.4. The maximum atomic E-state index is 6.28. The predicted molar refractivity (Wildman–Crippen MR) is 267 cm³/mol. The Morgan fingerprint density at radius 1 is 0.269 bits per heavy atom. The van der Waals surface area contributed by atoms with Crippen LogP contribution in [-0.2, 0) is 45.4 Å². The molecular weight excluding hydrogens is 829 g/mol. The van der Waals surface area contributed by atoms with Crippen LogP contribution in [0, 0.1) is 0 Å². The first-order chi connectivity index (χ1) is 33.1. The highest BCUT2D eigenvalue weighted by atomic mass is 16.5.